The Labute approximate surface area is 545 Å². The minimum absolute atomic E-state index is 0.00766. The zero-order chi connectivity index (χ0) is 62.8. The minimum Gasteiger partial charge on any atom is -0.466 e. The number of nitrogens with one attached hydrogen (secondary N) is 1. The molecule has 6 heteroatoms. The Kier molecular flexibility index (Phi) is 75.3. The fraction of sp³-hybridized carbons (Fsp3) is 0.926. The molecule has 3 N–H and O–H groups in total. The fourth-order valence-corrected chi connectivity index (χ4v) is 12.9. The van der Waals surface area contributed by atoms with Crippen molar-refractivity contribution < 1.29 is 24.5 Å². The van der Waals surface area contributed by atoms with Crippen LogP contribution in [0.5, 0.6) is 0 Å². The standard InChI is InChI=1S/C81H157NO5/c1-3-5-7-9-11-13-15-17-19-20-21-22-23-33-36-39-42-46-49-53-57-61-65-69-73-79(84)78(77-83)82-80(85)74-70-66-62-58-54-50-47-43-40-37-34-31-29-27-25-24-26-28-30-32-35-38-41-44-48-52-56-60-64-68-72-76-87-81(86)75-71-67-63-59-55-51-45-18-16-14-12-10-8-6-4-2/h12,14,18,45,78-79,83-84H,3-11,13,15-17,19-44,46-77H2,1-2H3,(H,82,85)/b14-12-,45-18-. The van der Waals surface area contributed by atoms with Crippen molar-refractivity contribution in [3.63, 3.8) is 0 Å². The molecule has 516 valence electrons. The number of allylic oxidation sites excluding steroid dienone is 4. The Morgan fingerprint density at radius 1 is 0.322 bits per heavy atom. The molecule has 0 spiro atoms. The molecule has 0 saturated carbocycles. The molecule has 87 heavy (non-hydrogen) atoms. The number of rotatable bonds is 76. The summed E-state index contributed by atoms with van der Waals surface area (Å²) in [6.45, 7) is 4.97. The predicted octanol–water partition coefficient (Wildman–Crippen LogP) is 26.4. The third-order valence-electron chi connectivity index (χ3n) is 19.0. The lowest BCUT2D eigenvalue weighted by atomic mass is 10.0. The zero-order valence-electron chi connectivity index (χ0n) is 59.3. The van der Waals surface area contributed by atoms with E-state index in [0.29, 0.717) is 25.9 Å². The van der Waals surface area contributed by atoms with Crippen LogP contribution in [0.25, 0.3) is 0 Å². The summed E-state index contributed by atoms with van der Waals surface area (Å²) in [7, 11) is 0. The number of aliphatic hydroxyl groups excluding tert-OH is 2. The molecule has 1 amide bonds. The molecule has 0 aromatic heterocycles. The van der Waals surface area contributed by atoms with Gasteiger partial charge < -0.3 is 20.3 Å². The number of carbonyl (C=O) groups is 2. The summed E-state index contributed by atoms with van der Waals surface area (Å²) in [6, 6.07) is -0.539. The zero-order valence-corrected chi connectivity index (χ0v) is 59.3. The molecule has 0 heterocycles. The SMILES string of the molecule is CCCCC/C=C\C/C=C\CCCCCCCC(=O)OCCCCCCCCCCCCCCCCCCCCCCCCCCCCCCCCCC(=O)NC(CO)C(O)CCCCCCCCCCCCCCCCCCCCCCCCCC. The van der Waals surface area contributed by atoms with Gasteiger partial charge in [-0.2, -0.15) is 0 Å². The van der Waals surface area contributed by atoms with Gasteiger partial charge in [-0.1, -0.05) is 411 Å². The van der Waals surface area contributed by atoms with Crippen LogP contribution in [0.1, 0.15) is 457 Å². The van der Waals surface area contributed by atoms with Gasteiger partial charge in [-0.3, -0.25) is 9.59 Å². The first kappa shape index (κ1) is 85.3. The van der Waals surface area contributed by atoms with Crippen molar-refractivity contribution in [2.24, 2.45) is 0 Å². The van der Waals surface area contributed by atoms with E-state index < -0.39 is 12.1 Å². The van der Waals surface area contributed by atoms with Crippen LogP contribution in [0.4, 0.5) is 0 Å². The molecule has 0 aliphatic rings. The number of amides is 1. The van der Waals surface area contributed by atoms with Gasteiger partial charge in [0.1, 0.15) is 0 Å². The largest absolute Gasteiger partial charge is 0.466 e. The first-order valence-corrected chi connectivity index (χ1v) is 40.1. The van der Waals surface area contributed by atoms with Crippen LogP contribution >= 0.6 is 0 Å². The maximum absolute atomic E-state index is 12.6. The lowest BCUT2D eigenvalue weighted by Gasteiger charge is -2.22. The molecule has 0 saturated heterocycles. The van der Waals surface area contributed by atoms with E-state index in [1.54, 1.807) is 0 Å². The van der Waals surface area contributed by atoms with Gasteiger partial charge in [0.05, 0.1) is 25.4 Å². The molecular formula is C81H157NO5. The highest BCUT2D eigenvalue weighted by Crippen LogP contribution is 2.20. The van der Waals surface area contributed by atoms with Gasteiger partial charge in [0.25, 0.3) is 0 Å². The number of esters is 1. The Balaban J connectivity index is 3.34. The highest BCUT2D eigenvalue weighted by molar-refractivity contribution is 5.76. The van der Waals surface area contributed by atoms with Crippen LogP contribution in [0.3, 0.4) is 0 Å². The maximum Gasteiger partial charge on any atom is 0.305 e. The van der Waals surface area contributed by atoms with Crippen LogP contribution in [-0.2, 0) is 14.3 Å². The van der Waals surface area contributed by atoms with Crippen molar-refractivity contribution in [3.8, 4) is 0 Å². The fourth-order valence-electron chi connectivity index (χ4n) is 12.9. The van der Waals surface area contributed by atoms with E-state index in [9.17, 15) is 19.8 Å². The molecule has 0 aromatic carbocycles. The number of aliphatic hydroxyl groups is 2. The first-order chi connectivity index (χ1) is 43.0. The average molecular weight is 1230 g/mol. The summed E-state index contributed by atoms with van der Waals surface area (Å²) in [5.41, 5.74) is 0. The van der Waals surface area contributed by atoms with E-state index >= 15 is 0 Å². The molecule has 2 unspecified atom stereocenters. The second kappa shape index (κ2) is 76.8. The topological polar surface area (TPSA) is 95.9 Å². The maximum atomic E-state index is 12.6. The Morgan fingerprint density at radius 2 is 0.575 bits per heavy atom. The minimum atomic E-state index is -0.663. The molecular weight excluding hydrogens is 1070 g/mol. The highest BCUT2D eigenvalue weighted by atomic mass is 16.5. The van der Waals surface area contributed by atoms with Crippen molar-refractivity contribution in [2.75, 3.05) is 13.2 Å². The van der Waals surface area contributed by atoms with E-state index in [1.165, 1.54) is 372 Å². The van der Waals surface area contributed by atoms with Gasteiger partial charge in [0, 0.05) is 12.8 Å². The summed E-state index contributed by atoms with van der Waals surface area (Å²) < 4.78 is 5.49. The van der Waals surface area contributed by atoms with Gasteiger partial charge >= 0.3 is 5.97 Å². The summed E-state index contributed by atoms with van der Waals surface area (Å²) >= 11 is 0. The van der Waals surface area contributed by atoms with Gasteiger partial charge in [-0.05, 0) is 57.8 Å². The Bertz CT molecular complexity index is 1360. The molecule has 0 aromatic rings. The van der Waals surface area contributed by atoms with Gasteiger partial charge in [0.15, 0.2) is 0 Å². The van der Waals surface area contributed by atoms with Crippen LogP contribution in [0, 0.1) is 0 Å². The van der Waals surface area contributed by atoms with Crippen LogP contribution in [-0.4, -0.2) is 47.4 Å². The van der Waals surface area contributed by atoms with Crippen LogP contribution in [0.2, 0.25) is 0 Å². The summed E-state index contributed by atoms with van der Waals surface area (Å²) in [6.07, 6.45) is 98.4. The van der Waals surface area contributed by atoms with Gasteiger partial charge in [-0.25, -0.2) is 0 Å². The second-order valence-electron chi connectivity index (χ2n) is 27.8. The lowest BCUT2D eigenvalue weighted by molar-refractivity contribution is -0.143. The second-order valence-corrected chi connectivity index (χ2v) is 27.8. The average Bonchev–Trinajstić information content (AvgIpc) is 3.53. The number of ether oxygens (including phenoxy) is 1. The molecule has 0 aliphatic heterocycles. The van der Waals surface area contributed by atoms with Crippen LogP contribution < -0.4 is 5.32 Å². The molecule has 0 radical (unpaired) electrons. The number of hydrogen-bond acceptors (Lipinski definition) is 5. The highest BCUT2D eigenvalue weighted by Gasteiger charge is 2.20. The number of carbonyl (C=O) groups excluding carboxylic acids is 2. The van der Waals surface area contributed by atoms with Crippen molar-refractivity contribution in [3.05, 3.63) is 24.3 Å². The summed E-state index contributed by atoms with van der Waals surface area (Å²) in [4.78, 5) is 24.7. The molecule has 0 bridgehead atoms. The quantitative estimate of drug-likeness (QED) is 0.0320. The van der Waals surface area contributed by atoms with E-state index in [0.717, 1.165) is 51.4 Å². The smallest absolute Gasteiger partial charge is 0.305 e. The molecule has 0 rings (SSSR count). The summed E-state index contributed by atoms with van der Waals surface area (Å²) in [5, 5.41) is 23.5. The number of hydrogen-bond donors (Lipinski definition) is 3. The van der Waals surface area contributed by atoms with E-state index in [-0.39, 0.29) is 18.5 Å². The van der Waals surface area contributed by atoms with Gasteiger partial charge in [-0.15, -0.1) is 0 Å². The third kappa shape index (κ3) is 73.3. The van der Waals surface area contributed by atoms with E-state index in [1.807, 2.05) is 0 Å². The normalized spacial score (nSPS) is 12.6. The molecule has 6 nitrogen and oxygen atoms in total. The molecule has 0 aliphatic carbocycles. The predicted molar refractivity (Wildman–Crippen MR) is 384 cm³/mol. The first-order valence-electron chi connectivity index (χ1n) is 40.1. The monoisotopic (exact) mass is 1220 g/mol. The van der Waals surface area contributed by atoms with Crippen molar-refractivity contribution in [1.29, 1.82) is 0 Å². The molecule has 0 fully saturated rings. The van der Waals surface area contributed by atoms with Crippen molar-refractivity contribution in [1.82, 2.24) is 5.32 Å². The van der Waals surface area contributed by atoms with E-state index in [4.69, 9.17) is 4.74 Å². The molecule has 2 atom stereocenters. The Hall–Kier alpha value is -1.66. The van der Waals surface area contributed by atoms with Crippen LogP contribution in [0.15, 0.2) is 24.3 Å². The van der Waals surface area contributed by atoms with Crippen molar-refractivity contribution >= 4 is 11.9 Å². The Morgan fingerprint density at radius 3 is 0.897 bits per heavy atom. The lowest BCUT2D eigenvalue weighted by Crippen LogP contribution is -2.45. The third-order valence-corrected chi connectivity index (χ3v) is 19.0. The van der Waals surface area contributed by atoms with Gasteiger partial charge in [0.2, 0.25) is 5.91 Å². The number of unbranched alkanes of at least 4 members (excludes halogenated alkanes) is 61. The van der Waals surface area contributed by atoms with E-state index in [2.05, 4.69) is 43.5 Å². The summed E-state index contributed by atoms with van der Waals surface area (Å²) in [5.74, 6) is -0.0173. The van der Waals surface area contributed by atoms with Crippen molar-refractivity contribution in [2.45, 2.75) is 469 Å².